The highest BCUT2D eigenvalue weighted by Gasteiger charge is 2.30. The Morgan fingerprint density at radius 3 is 2.41 bits per heavy atom. The highest BCUT2D eigenvalue weighted by atomic mass is 19.4. The second-order valence-corrected chi connectivity index (χ2v) is 6.56. The molecular weight excluding hydrogens is 361 g/mol. The number of aliphatic hydroxyl groups is 1. The number of fused-ring (bicyclic) bond motifs is 1. The van der Waals surface area contributed by atoms with Gasteiger partial charge in [0.2, 0.25) is 0 Å². The third kappa shape index (κ3) is 3.46. The Bertz CT molecular complexity index is 1020. The lowest BCUT2D eigenvalue weighted by atomic mass is 10.1. The van der Waals surface area contributed by atoms with E-state index in [2.05, 4.69) is 15.1 Å². The van der Waals surface area contributed by atoms with Crippen molar-refractivity contribution < 1.29 is 18.3 Å². The van der Waals surface area contributed by atoms with Gasteiger partial charge >= 0.3 is 6.18 Å². The molecule has 2 heterocycles. The molecule has 2 atom stereocenters. The fourth-order valence-electron chi connectivity index (χ4n) is 2.97. The van der Waals surface area contributed by atoms with Gasteiger partial charge in [0.25, 0.3) is 5.56 Å². The maximum atomic E-state index is 12.8. The maximum Gasteiger partial charge on any atom is 0.416 e. The van der Waals surface area contributed by atoms with E-state index in [1.165, 1.54) is 16.8 Å². The average Bonchev–Trinajstić information content (AvgIpc) is 2.99. The predicted molar refractivity (Wildman–Crippen MR) is 93.6 cm³/mol. The van der Waals surface area contributed by atoms with Gasteiger partial charge in [0.05, 0.1) is 23.9 Å². The fourth-order valence-corrected chi connectivity index (χ4v) is 2.97. The van der Waals surface area contributed by atoms with Crippen LogP contribution in [0.4, 0.5) is 13.2 Å². The summed E-state index contributed by atoms with van der Waals surface area (Å²) < 4.78 is 39.9. The Morgan fingerprint density at radius 1 is 1.22 bits per heavy atom. The monoisotopic (exact) mass is 380 g/mol. The molecular formula is C18H19F3N4O2. The molecule has 27 heavy (non-hydrogen) atoms. The summed E-state index contributed by atoms with van der Waals surface area (Å²) in [4.78, 5) is 19.4. The average molecular weight is 380 g/mol. The van der Waals surface area contributed by atoms with E-state index >= 15 is 0 Å². The summed E-state index contributed by atoms with van der Waals surface area (Å²) in [5.41, 5.74) is 0.233. The van der Waals surface area contributed by atoms with Crippen LogP contribution >= 0.6 is 0 Å². The molecule has 0 saturated heterocycles. The van der Waals surface area contributed by atoms with Crippen LogP contribution in [-0.2, 0) is 6.18 Å². The van der Waals surface area contributed by atoms with Crippen LogP contribution in [0.3, 0.4) is 0 Å². The first-order valence-corrected chi connectivity index (χ1v) is 8.40. The number of hydrogen-bond acceptors (Lipinski definition) is 4. The number of H-pyrrole nitrogens is 1. The largest absolute Gasteiger partial charge is 0.416 e. The molecule has 1 unspecified atom stereocenters. The number of nitrogens with zero attached hydrogens (tertiary/aromatic N) is 3. The minimum atomic E-state index is -4.41. The summed E-state index contributed by atoms with van der Waals surface area (Å²) in [6.07, 6.45) is -4.41. The van der Waals surface area contributed by atoms with Crippen LogP contribution in [0.25, 0.3) is 11.0 Å². The second-order valence-electron chi connectivity index (χ2n) is 6.56. The Balaban J connectivity index is 2.14. The van der Waals surface area contributed by atoms with E-state index in [1.54, 1.807) is 20.8 Å². The van der Waals surface area contributed by atoms with Crippen molar-refractivity contribution in [2.24, 2.45) is 0 Å². The molecule has 0 bridgehead atoms. The SMILES string of the molecule is Cc1nc2c(c(C(C)CO)nn2[C@@H](C)c2ccc(C(F)(F)F)cc2)c(=O)[nH]1. The van der Waals surface area contributed by atoms with E-state index in [0.717, 1.165) is 12.1 Å². The van der Waals surface area contributed by atoms with Gasteiger partial charge in [0.15, 0.2) is 5.65 Å². The Kier molecular flexibility index (Phi) is 4.81. The van der Waals surface area contributed by atoms with Crippen molar-refractivity contribution in [3.63, 3.8) is 0 Å². The van der Waals surface area contributed by atoms with Crippen LogP contribution in [0.2, 0.25) is 0 Å². The molecule has 9 heteroatoms. The lowest BCUT2D eigenvalue weighted by Crippen LogP contribution is -2.14. The quantitative estimate of drug-likeness (QED) is 0.728. The molecule has 1 aromatic carbocycles. The minimum absolute atomic E-state index is 0.200. The number of nitrogens with one attached hydrogen (secondary N) is 1. The van der Waals surface area contributed by atoms with Gasteiger partial charge in [-0.05, 0) is 31.5 Å². The molecule has 3 aromatic rings. The minimum Gasteiger partial charge on any atom is -0.396 e. The van der Waals surface area contributed by atoms with Gasteiger partial charge in [-0.25, -0.2) is 9.67 Å². The van der Waals surface area contributed by atoms with E-state index in [9.17, 15) is 23.1 Å². The standard InChI is InChI=1S/C18H19F3N4O2/c1-9(8-26)15-14-16(22-11(3)23-17(14)27)25(24-15)10(2)12-4-6-13(7-5-12)18(19,20)21/h4-7,9-10,26H,8H2,1-3H3,(H,22,23,27)/t9?,10-/m0/s1. The van der Waals surface area contributed by atoms with Crippen molar-refractivity contribution in [2.75, 3.05) is 6.61 Å². The number of aliphatic hydroxyl groups excluding tert-OH is 1. The molecule has 0 fully saturated rings. The first-order valence-electron chi connectivity index (χ1n) is 8.40. The van der Waals surface area contributed by atoms with Crippen molar-refractivity contribution in [3.8, 4) is 0 Å². The van der Waals surface area contributed by atoms with Crippen molar-refractivity contribution >= 4 is 11.0 Å². The zero-order chi connectivity index (χ0) is 19.9. The second kappa shape index (κ2) is 6.80. The van der Waals surface area contributed by atoms with Crippen molar-refractivity contribution in [2.45, 2.75) is 38.9 Å². The predicted octanol–water partition coefficient (Wildman–Crippen LogP) is 3.15. The molecule has 2 N–H and O–H groups in total. The third-order valence-electron chi connectivity index (χ3n) is 4.54. The molecule has 144 valence electrons. The number of aryl methyl sites for hydroxylation is 1. The maximum absolute atomic E-state index is 12.8. The van der Waals surface area contributed by atoms with Crippen LogP contribution in [0.1, 0.15) is 48.5 Å². The number of aromatic nitrogens is 4. The Morgan fingerprint density at radius 2 is 1.85 bits per heavy atom. The summed E-state index contributed by atoms with van der Waals surface area (Å²) in [6.45, 7) is 4.93. The highest BCUT2D eigenvalue weighted by molar-refractivity contribution is 5.78. The van der Waals surface area contributed by atoms with Gasteiger partial charge in [0, 0.05) is 5.92 Å². The Hall–Kier alpha value is -2.68. The van der Waals surface area contributed by atoms with Gasteiger partial charge < -0.3 is 10.1 Å². The number of hydrogen-bond donors (Lipinski definition) is 2. The zero-order valence-corrected chi connectivity index (χ0v) is 15.0. The number of benzene rings is 1. The van der Waals surface area contributed by atoms with Gasteiger partial charge in [-0.3, -0.25) is 4.79 Å². The van der Waals surface area contributed by atoms with E-state index in [4.69, 9.17) is 0 Å². The zero-order valence-electron chi connectivity index (χ0n) is 15.0. The smallest absolute Gasteiger partial charge is 0.396 e. The van der Waals surface area contributed by atoms with E-state index < -0.39 is 17.8 Å². The van der Waals surface area contributed by atoms with Crippen LogP contribution in [-0.4, -0.2) is 31.5 Å². The Labute approximate surface area is 152 Å². The topological polar surface area (TPSA) is 83.8 Å². The first kappa shape index (κ1) is 19.1. The van der Waals surface area contributed by atoms with Gasteiger partial charge in [-0.15, -0.1) is 0 Å². The van der Waals surface area contributed by atoms with Crippen molar-refractivity contribution in [1.29, 1.82) is 0 Å². The summed E-state index contributed by atoms with van der Waals surface area (Å²) >= 11 is 0. The molecule has 0 aliphatic rings. The molecule has 0 spiro atoms. The molecule has 3 rings (SSSR count). The number of alkyl halides is 3. The molecule has 0 aliphatic carbocycles. The van der Waals surface area contributed by atoms with Crippen molar-refractivity contribution in [1.82, 2.24) is 19.7 Å². The van der Waals surface area contributed by atoms with Gasteiger partial charge in [-0.2, -0.15) is 18.3 Å². The molecule has 0 amide bonds. The van der Waals surface area contributed by atoms with E-state index in [0.29, 0.717) is 22.7 Å². The van der Waals surface area contributed by atoms with Crippen LogP contribution in [0.5, 0.6) is 0 Å². The molecule has 0 radical (unpaired) electrons. The number of aromatic amines is 1. The summed E-state index contributed by atoms with van der Waals surface area (Å²) in [5, 5.41) is 14.2. The fraction of sp³-hybridized carbons (Fsp3) is 0.389. The van der Waals surface area contributed by atoms with Crippen LogP contribution < -0.4 is 5.56 Å². The van der Waals surface area contributed by atoms with E-state index in [-0.39, 0.29) is 23.5 Å². The van der Waals surface area contributed by atoms with Gasteiger partial charge in [-0.1, -0.05) is 19.1 Å². The number of halogens is 3. The van der Waals surface area contributed by atoms with Crippen molar-refractivity contribution in [3.05, 3.63) is 57.3 Å². The van der Waals surface area contributed by atoms with Crippen LogP contribution in [0.15, 0.2) is 29.1 Å². The molecule has 6 nitrogen and oxygen atoms in total. The first-order chi connectivity index (χ1) is 12.6. The lowest BCUT2D eigenvalue weighted by molar-refractivity contribution is -0.137. The summed E-state index contributed by atoms with van der Waals surface area (Å²) in [5.74, 6) is 0.00984. The van der Waals surface area contributed by atoms with Gasteiger partial charge in [0.1, 0.15) is 11.2 Å². The molecule has 0 aliphatic heterocycles. The molecule has 2 aromatic heterocycles. The highest BCUT2D eigenvalue weighted by Crippen LogP contribution is 2.31. The van der Waals surface area contributed by atoms with E-state index in [1.807, 2.05) is 0 Å². The summed E-state index contributed by atoms with van der Waals surface area (Å²) in [7, 11) is 0. The lowest BCUT2D eigenvalue weighted by Gasteiger charge is -2.15. The number of rotatable bonds is 4. The van der Waals surface area contributed by atoms with Crippen LogP contribution in [0, 0.1) is 6.92 Å². The molecule has 0 saturated carbocycles. The summed E-state index contributed by atoms with van der Waals surface area (Å²) in [6, 6.07) is 4.34. The third-order valence-corrected chi connectivity index (χ3v) is 4.54. The normalized spacial score (nSPS) is 14.5.